The Morgan fingerprint density at radius 3 is 2.50 bits per heavy atom. The molecule has 0 aliphatic carbocycles. The minimum Gasteiger partial charge on any atom is -0.326 e. The average molecular weight is 496 g/mol. The number of benzene rings is 1. The number of likely N-dealkylation sites (tertiary alicyclic amines) is 1. The zero-order valence-electron chi connectivity index (χ0n) is 18.9. The van der Waals surface area contributed by atoms with Crippen molar-refractivity contribution in [3.8, 4) is 0 Å². The van der Waals surface area contributed by atoms with Crippen LogP contribution in [-0.4, -0.2) is 45.2 Å². The van der Waals surface area contributed by atoms with Crippen molar-refractivity contribution in [2.75, 3.05) is 6.54 Å². The molecule has 0 saturated carbocycles. The maximum Gasteiger partial charge on any atom is 0.269 e. The maximum atomic E-state index is 12.7. The summed E-state index contributed by atoms with van der Waals surface area (Å²) in [6.07, 6.45) is 1.31. The number of thioether (sulfide) groups is 1. The fraction of sp³-hybridized carbons (Fsp3) is 0.292. The quantitative estimate of drug-likeness (QED) is 0.308. The van der Waals surface area contributed by atoms with Gasteiger partial charge >= 0.3 is 0 Å². The zero-order valence-corrected chi connectivity index (χ0v) is 20.5. The number of amides is 3. The van der Waals surface area contributed by atoms with Crippen LogP contribution < -0.4 is 10.9 Å². The Kier molecular flexibility index (Phi) is 7.59. The number of carbonyl (C=O) groups is 3. The van der Waals surface area contributed by atoms with E-state index in [0.29, 0.717) is 29.2 Å². The largest absolute Gasteiger partial charge is 0.326 e. The van der Waals surface area contributed by atoms with Crippen molar-refractivity contribution >= 4 is 40.8 Å². The van der Waals surface area contributed by atoms with Crippen LogP contribution in [0.15, 0.2) is 53.0 Å². The molecular weight excluding hydrogens is 470 g/mol. The minimum absolute atomic E-state index is 0.154. The number of nitrogens with one attached hydrogen (secondary N) is 2. The Balaban J connectivity index is 1.28. The molecule has 1 aliphatic heterocycles. The van der Waals surface area contributed by atoms with Crippen molar-refractivity contribution in [3.05, 3.63) is 75.2 Å². The van der Waals surface area contributed by atoms with Crippen LogP contribution in [0.1, 0.15) is 49.8 Å². The predicted molar refractivity (Wildman–Crippen MR) is 131 cm³/mol. The van der Waals surface area contributed by atoms with Gasteiger partial charge in [-0.1, -0.05) is 30.0 Å². The molecule has 8 nitrogen and oxygen atoms in total. The lowest BCUT2D eigenvalue weighted by Gasteiger charge is -2.23. The molecule has 3 heterocycles. The van der Waals surface area contributed by atoms with E-state index in [2.05, 4.69) is 20.8 Å². The Labute approximate surface area is 206 Å². The van der Waals surface area contributed by atoms with Crippen LogP contribution >= 0.6 is 23.1 Å². The topological polar surface area (TPSA) is 104 Å². The summed E-state index contributed by atoms with van der Waals surface area (Å²) >= 11 is 2.88. The van der Waals surface area contributed by atoms with Crippen molar-refractivity contribution < 1.29 is 14.4 Å². The molecule has 10 heteroatoms. The Morgan fingerprint density at radius 1 is 1.09 bits per heavy atom. The smallest absolute Gasteiger partial charge is 0.269 e. The Bertz CT molecular complexity index is 1160. The van der Waals surface area contributed by atoms with Crippen LogP contribution in [0, 0.1) is 13.8 Å². The Hall–Kier alpha value is -3.24. The van der Waals surface area contributed by atoms with E-state index < -0.39 is 17.9 Å². The summed E-state index contributed by atoms with van der Waals surface area (Å²) in [6.45, 7) is 4.41. The molecule has 2 N–H and O–H groups in total. The second kappa shape index (κ2) is 10.8. The molecule has 1 aromatic carbocycles. The van der Waals surface area contributed by atoms with Gasteiger partial charge in [0, 0.05) is 29.2 Å². The summed E-state index contributed by atoms with van der Waals surface area (Å²) in [6, 6.07) is 12.0. The molecule has 176 valence electrons. The van der Waals surface area contributed by atoms with E-state index in [9.17, 15) is 14.4 Å². The second-order valence-electron chi connectivity index (χ2n) is 8.00. The first kappa shape index (κ1) is 23.9. The highest BCUT2D eigenvalue weighted by Gasteiger charge is 2.35. The summed E-state index contributed by atoms with van der Waals surface area (Å²) in [5.41, 5.74) is 8.25. The summed E-state index contributed by atoms with van der Waals surface area (Å²) in [5, 5.41) is 2.56. The van der Waals surface area contributed by atoms with Crippen LogP contribution in [0.4, 0.5) is 0 Å². The lowest BCUT2D eigenvalue weighted by molar-refractivity contribution is -0.125. The standard InChI is InChI=1S/C24H25N5O3S2/c1-15-13-16(2)26-24(25-15)34-14-17-7-9-18(10-8-17)21(30)27-28-22(31)19-5-3-11-29(19)23(32)20-6-4-12-33-20/h4,6-10,12-13,19H,3,5,11,14H2,1-2H3,(H,27,30)(H,28,31)/t19-/m0/s1. The van der Waals surface area contributed by atoms with Crippen LogP contribution in [0.5, 0.6) is 0 Å². The number of hydrogen-bond acceptors (Lipinski definition) is 7. The van der Waals surface area contributed by atoms with Crippen LogP contribution in [0.2, 0.25) is 0 Å². The van der Waals surface area contributed by atoms with Crippen molar-refractivity contribution in [3.63, 3.8) is 0 Å². The van der Waals surface area contributed by atoms with Crippen LogP contribution in [-0.2, 0) is 10.5 Å². The van der Waals surface area contributed by atoms with Crippen molar-refractivity contribution in [1.82, 2.24) is 25.7 Å². The van der Waals surface area contributed by atoms with E-state index in [1.165, 1.54) is 23.1 Å². The molecule has 1 atom stereocenters. The third-order valence-corrected chi connectivity index (χ3v) is 7.17. The molecule has 4 rings (SSSR count). The lowest BCUT2D eigenvalue weighted by Crippen LogP contribution is -2.51. The molecule has 0 unspecified atom stereocenters. The average Bonchev–Trinajstić information content (AvgIpc) is 3.53. The number of rotatable bonds is 6. The van der Waals surface area contributed by atoms with Gasteiger partial charge in [0.15, 0.2) is 5.16 Å². The summed E-state index contributed by atoms with van der Waals surface area (Å²) < 4.78 is 0. The van der Waals surface area contributed by atoms with Gasteiger partial charge in [0.05, 0.1) is 4.88 Å². The van der Waals surface area contributed by atoms with E-state index in [4.69, 9.17) is 0 Å². The summed E-state index contributed by atoms with van der Waals surface area (Å²) in [5.74, 6) is -0.285. The van der Waals surface area contributed by atoms with Gasteiger partial charge in [-0.25, -0.2) is 9.97 Å². The predicted octanol–water partition coefficient (Wildman–Crippen LogP) is 3.51. The van der Waals surface area contributed by atoms with Gasteiger partial charge in [0.25, 0.3) is 17.7 Å². The highest BCUT2D eigenvalue weighted by Crippen LogP contribution is 2.22. The van der Waals surface area contributed by atoms with Crippen LogP contribution in [0.25, 0.3) is 0 Å². The van der Waals surface area contributed by atoms with Gasteiger partial charge in [-0.05, 0) is 61.9 Å². The summed E-state index contributed by atoms with van der Waals surface area (Å²) in [4.78, 5) is 48.8. The van der Waals surface area contributed by atoms with Crippen LogP contribution in [0.3, 0.4) is 0 Å². The van der Waals surface area contributed by atoms with Gasteiger partial charge in [0.2, 0.25) is 0 Å². The number of aryl methyl sites for hydroxylation is 2. The molecule has 1 aliphatic rings. The first-order valence-corrected chi connectivity index (χ1v) is 12.8. The van der Waals surface area contributed by atoms with E-state index in [-0.39, 0.29) is 5.91 Å². The minimum atomic E-state index is -0.596. The molecule has 2 aromatic heterocycles. The summed E-state index contributed by atoms with van der Waals surface area (Å²) in [7, 11) is 0. The van der Waals surface area contributed by atoms with Crippen molar-refractivity contribution in [2.24, 2.45) is 0 Å². The fourth-order valence-corrected chi connectivity index (χ4v) is 5.34. The molecule has 34 heavy (non-hydrogen) atoms. The maximum absolute atomic E-state index is 12.7. The SMILES string of the molecule is Cc1cc(C)nc(SCc2ccc(C(=O)NNC(=O)[C@@H]3CCCN3C(=O)c3cccs3)cc2)n1. The van der Waals surface area contributed by atoms with Gasteiger partial charge in [-0.15, -0.1) is 11.3 Å². The molecule has 3 aromatic rings. The third kappa shape index (κ3) is 5.81. The molecule has 3 amide bonds. The molecule has 1 saturated heterocycles. The van der Waals surface area contributed by atoms with Gasteiger partial charge in [-0.2, -0.15) is 0 Å². The van der Waals surface area contributed by atoms with Gasteiger partial charge in [0.1, 0.15) is 6.04 Å². The lowest BCUT2D eigenvalue weighted by atomic mass is 10.1. The Morgan fingerprint density at radius 2 is 1.82 bits per heavy atom. The van der Waals surface area contributed by atoms with Crippen molar-refractivity contribution in [2.45, 2.75) is 43.6 Å². The molecule has 0 bridgehead atoms. The first-order valence-electron chi connectivity index (χ1n) is 10.9. The number of hydrazine groups is 1. The number of carbonyl (C=O) groups excluding carboxylic acids is 3. The second-order valence-corrected chi connectivity index (χ2v) is 9.89. The number of thiophene rings is 1. The van der Waals surface area contributed by atoms with Gasteiger partial charge in [-0.3, -0.25) is 25.2 Å². The number of hydrogen-bond donors (Lipinski definition) is 2. The third-order valence-electron chi connectivity index (χ3n) is 5.39. The number of aromatic nitrogens is 2. The van der Waals surface area contributed by atoms with E-state index in [1.54, 1.807) is 23.1 Å². The molecule has 0 spiro atoms. The van der Waals surface area contributed by atoms with E-state index in [0.717, 1.165) is 28.5 Å². The number of nitrogens with zero attached hydrogens (tertiary/aromatic N) is 3. The fourth-order valence-electron chi connectivity index (χ4n) is 3.76. The van der Waals surface area contributed by atoms with E-state index in [1.807, 2.05) is 43.5 Å². The first-order chi connectivity index (χ1) is 16.4. The molecule has 1 fully saturated rings. The van der Waals surface area contributed by atoms with Crippen molar-refractivity contribution in [1.29, 1.82) is 0 Å². The molecular formula is C24H25N5O3S2. The normalized spacial score (nSPS) is 15.2. The zero-order chi connectivity index (χ0) is 24.1. The molecule has 0 radical (unpaired) electrons. The van der Waals surface area contributed by atoms with E-state index >= 15 is 0 Å². The monoisotopic (exact) mass is 495 g/mol. The highest BCUT2D eigenvalue weighted by atomic mass is 32.2. The highest BCUT2D eigenvalue weighted by molar-refractivity contribution is 7.98. The van der Waals surface area contributed by atoms with Gasteiger partial charge < -0.3 is 4.90 Å².